The van der Waals surface area contributed by atoms with Crippen LogP contribution in [0.4, 0.5) is 0 Å². The molecule has 0 aliphatic heterocycles. The van der Waals surface area contributed by atoms with Gasteiger partial charge in [-0.05, 0) is 27.7 Å². The number of carbonyl (C=O) groups excluding carboxylic acids is 2. The van der Waals surface area contributed by atoms with Crippen molar-refractivity contribution in [3.05, 3.63) is 32.6 Å². The maximum Gasteiger partial charge on any atom is 0.331 e. The highest BCUT2D eigenvalue weighted by Crippen LogP contribution is 1.98. The highest BCUT2D eigenvalue weighted by atomic mass is 16.2. The first kappa shape index (κ1) is 15.9. The number of rotatable bonds is 3. The average Bonchev–Trinajstić information content (AvgIpc) is 2.27. The second kappa shape index (κ2) is 5.44. The van der Waals surface area contributed by atoms with E-state index in [9.17, 15) is 19.2 Å². The fourth-order valence-electron chi connectivity index (χ4n) is 1.69. The lowest BCUT2D eigenvalue weighted by molar-refractivity contribution is -0.123. The third-order valence-electron chi connectivity index (χ3n) is 2.56. The van der Waals surface area contributed by atoms with Crippen molar-refractivity contribution in [1.82, 2.24) is 14.5 Å². The monoisotopic (exact) mass is 281 g/mol. The Morgan fingerprint density at radius 3 is 2.25 bits per heavy atom. The predicted octanol–water partition coefficient (Wildman–Crippen LogP) is -0.336. The van der Waals surface area contributed by atoms with Crippen molar-refractivity contribution in [2.75, 3.05) is 0 Å². The molecule has 1 N–H and O–H groups in total. The van der Waals surface area contributed by atoms with Crippen molar-refractivity contribution in [1.29, 1.82) is 0 Å². The Morgan fingerprint density at radius 2 is 1.80 bits per heavy atom. The van der Waals surface area contributed by atoms with Crippen molar-refractivity contribution in [2.24, 2.45) is 7.05 Å². The Bertz CT molecular complexity index is 662. The minimum Gasteiger partial charge on any atom is -0.350 e. The van der Waals surface area contributed by atoms with Crippen LogP contribution in [0.1, 0.15) is 38.1 Å². The Morgan fingerprint density at radius 1 is 1.25 bits per heavy atom. The van der Waals surface area contributed by atoms with E-state index < -0.39 is 22.6 Å². The van der Waals surface area contributed by atoms with Crippen LogP contribution in [-0.2, 0) is 18.4 Å². The van der Waals surface area contributed by atoms with Gasteiger partial charge in [-0.15, -0.1) is 0 Å². The summed E-state index contributed by atoms with van der Waals surface area (Å²) in [7, 11) is 1.27. The number of hydrogen-bond acceptors (Lipinski definition) is 4. The second-order valence-electron chi connectivity index (χ2n) is 5.67. The van der Waals surface area contributed by atoms with Crippen LogP contribution < -0.4 is 16.6 Å². The van der Waals surface area contributed by atoms with Crippen molar-refractivity contribution < 1.29 is 9.59 Å². The zero-order valence-corrected chi connectivity index (χ0v) is 12.3. The molecular weight excluding hydrogens is 262 g/mol. The standard InChI is InChI=1S/C13H19N3O4/c1-8(17)9-6-16(12(20)15(5)11(9)19)7-10(18)14-13(2,3)4/h6H,7H2,1-5H3,(H,14,18). The van der Waals surface area contributed by atoms with E-state index in [1.165, 1.54) is 14.0 Å². The third-order valence-corrected chi connectivity index (χ3v) is 2.56. The molecule has 1 amide bonds. The lowest BCUT2D eigenvalue weighted by Crippen LogP contribution is -2.46. The molecule has 0 spiro atoms. The fourth-order valence-corrected chi connectivity index (χ4v) is 1.69. The normalized spacial score (nSPS) is 11.2. The summed E-state index contributed by atoms with van der Waals surface area (Å²) < 4.78 is 1.88. The van der Waals surface area contributed by atoms with Crippen molar-refractivity contribution in [3.8, 4) is 0 Å². The van der Waals surface area contributed by atoms with Crippen LogP contribution in [0.25, 0.3) is 0 Å². The number of ketones is 1. The summed E-state index contributed by atoms with van der Waals surface area (Å²) in [4.78, 5) is 46.8. The van der Waals surface area contributed by atoms with Crippen LogP contribution in [-0.4, -0.2) is 26.4 Å². The topological polar surface area (TPSA) is 90.2 Å². The molecule has 7 nitrogen and oxygen atoms in total. The van der Waals surface area contributed by atoms with E-state index in [4.69, 9.17) is 0 Å². The summed E-state index contributed by atoms with van der Waals surface area (Å²) in [5.41, 5.74) is -1.83. The van der Waals surface area contributed by atoms with E-state index in [0.717, 1.165) is 15.3 Å². The van der Waals surface area contributed by atoms with E-state index in [2.05, 4.69) is 5.32 Å². The Labute approximate surface area is 116 Å². The van der Waals surface area contributed by atoms with E-state index in [1.54, 1.807) is 0 Å². The van der Waals surface area contributed by atoms with Crippen LogP contribution in [0.2, 0.25) is 0 Å². The Kier molecular flexibility index (Phi) is 4.32. The SMILES string of the molecule is CC(=O)c1cn(CC(=O)NC(C)(C)C)c(=O)n(C)c1=O. The highest BCUT2D eigenvalue weighted by molar-refractivity contribution is 5.93. The molecule has 1 aromatic heterocycles. The Balaban J connectivity index is 3.21. The molecule has 0 radical (unpaired) electrons. The molecule has 7 heteroatoms. The lowest BCUT2D eigenvalue weighted by atomic mass is 10.1. The van der Waals surface area contributed by atoms with Crippen molar-refractivity contribution >= 4 is 11.7 Å². The lowest BCUT2D eigenvalue weighted by Gasteiger charge is -2.21. The molecule has 0 aliphatic carbocycles. The molecule has 0 saturated heterocycles. The van der Waals surface area contributed by atoms with E-state index in [1.807, 2.05) is 20.8 Å². The third kappa shape index (κ3) is 3.66. The molecule has 0 atom stereocenters. The average molecular weight is 281 g/mol. The summed E-state index contributed by atoms with van der Waals surface area (Å²) in [5.74, 6) is -0.816. The minimum absolute atomic E-state index is 0.115. The van der Waals surface area contributed by atoms with Gasteiger partial charge in [0.15, 0.2) is 5.78 Å². The summed E-state index contributed by atoms with van der Waals surface area (Å²) in [6.07, 6.45) is 1.13. The minimum atomic E-state index is -0.657. The van der Waals surface area contributed by atoms with Gasteiger partial charge in [-0.3, -0.25) is 23.5 Å². The number of Topliss-reactive ketones (excluding diaryl/α,β-unsaturated/α-hetero) is 1. The van der Waals surface area contributed by atoms with Crippen LogP contribution in [0.3, 0.4) is 0 Å². The highest BCUT2D eigenvalue weighted by Gasteiger charge is 2.17. The molecule has 0 saturated carbocycles. The fraction of sp³-hybridized carbons (Fsp3) is 0.538. The van der Waals surface area contributed by atoms with Gasteiger partial charge < -0.3 is 5.32 Å². The van der Waals surface area contributed by atoms with Gasteiger partial charge in [0.1, 0.15) is 6.54 Å². The van der Waals surface area contributed by atoms with Crippen molar-refractivity contribution in [2.45, 2.75) is 39.8 Å². The first-order valence-electron chi connectivity index (χ1n) is 6.15. The van der Waals surface area contributed by atoms with E-state index >= 15 is 0 Å². The summed E-state index contributed by atoms with van der Waals surface area (Å²) in [6, 6.07) is 0. The molecule has 0 aromatic carbocycles. The van der Waals surface area contributed by atoms with Gasteiger partial charge in [0.25, 0.3) is 5.56 Å². The van der Waals surface area contributed by atoms with E-state index in [-0.39, 0.29) is 18.0 Å². The molecule has 110 valence electrons. The number of nitrogens with one attached hydrogen (secondary N) is 1. The number of amides is 1. The maximum atomic E-state index is 11.9. The molecule has 0 aliphatic rings. The van der Waals surface area contributed by atoms with Crippen LogP contribution >= 0.6 is 0 Å². The number of aromatic nitrogens is 2. The molecule has 1 aromatic rings. The zero-order chi connectivity index (χ0) is 15.7. The van der Waals surface area contributed by atoms with Crippen LogP contribution in [0, 0.1) is 0 Å². The Hall–Kier alpha value is -2.18. The number of hydrogen-bond donors (Lipinski definition) is 1. The summed E-state index contributed by atoms with van der Waals surface area (Å²) >= 11 is 0. The molecule has 0 bridgehead atoms. The molecule has 1 heterocycles. The van der Waals surface area contributed by atoms with Gasteiger partial charge in [0.2, 0.25) is 5.91 Å². The maximum absolute atomic E-state index is 11.9. The van der Waals surface area contributed by atoms with E-state index in [0.29, 0.717) is 0 Å². The number of carbonyl (C=O) groups is 2. The zero-order valence-electron chi connectivity index (χ0n) is 12.3. The van der Waals surface area contributed by atoms with Gasteiger partial charge in [0, 0.05) is 18.8 Å². The predicted molar refractivity (Wildman–Crippen MR) is 73.8 cm³/mol. The van der Waals surface area contributed by atoms with Gasteiger partial charge in [0.05, 0.1) is 5.56 Å². The number of nitrogens with zero attached hydrogens (tertiary/aromatic N) is 2. The largest absolute Gasteiger partial charge is 0.350 e. The summed E-state index contributed by atoms with van der Waals surface area (Å²) in [6.45, 7) is 6.44. The molecule has 0 unspecified atom stereocenters. The molecule has 1 rings (SSSR count). The molecule has 20 heavy (non-hydrogen) atoms. The smallest absolute Gasteiger partial charge is 0.331 e. The first-order valence-corrected chi connectivity index (χ1v) is 6.15. The van der Waals surface area contributed by atoms with Crippen LogP contribution in [0.5, 0.6) is 0 Å². The van der Waals surface area contributed by atoms with Gasteiger partial charge in [-0.1, -0.05) is 0 Å². The molecular formula is C13H19N3O4. The van der Waals surface area contributed by atoms with Crippen LogP contribution in [0.15, 0.2) is 15.8 Å². The molecule has 0 fully saturated rings. The first-order chi connectivity index (χ1) is 9.03. The second-order valence-corrected chi connectivity index (χ2v) is 5.67. The summed E-state index contributed by atoms with van der Waals surface area (Å²) in [5, 5.41) is 2.71. The van der Waals surface area contributed by atoms with Gasteiger partial charge >= 0.3 is 5.69 Å². The quantitative estimate of drug-likeness (QED) is 0.768. The van der Waals surface area contributed by atoms with Gasteiger partial charge in [-0.25, -0.2) is 4.79 Å². The van der Waals surface area contributed by atoms with Gasteiger partial charge in [-0.2, -0.15) is 0 Å². The van der Waals surface area contributed by atoms with Crippen molar-refractivity contribution in [3.63, 3.8) is 0 Å².